The van der Waals surface area contributed by atoms with Gasteiger partial charge in [-0.25, -0.2) is 4.39 Å². The Morgan fingerprint density at radius 1 is 1.12 bits per heavy atom. The van der Waals surface area contributed by atoms with Gasteiger partial charge >= 0.3 is 7.12 Å². The molecule has 0 unspecified atom stereocenters. The SMILES string of the molecule is Cc1ccccc1C(CCOC(C)C)=C(F)B1OC(C)(C)C(C)(C)O1. The predicted molar refractivity (Wildman–Crippen MR) is 101 cm³/mol. The maximum absolute atomic E-state index is 15.4. The number of halogens is 1. The first-order valence-electron chi connectivity index (χ1n) is 8.97. The molecule has 1 fully saturated rings. The van der Waals surface area contributed by atoms with E-state index in [-0.39, 0.29) is 11.8 Å². The molecule has 0 amide bonds. The Hall–Kier alpha value is -1.17. The second-order valence-corrected chi connectivity index (χ2v) is 7.90. The predicted octanol–water partition coefficient (Wildman–Crippen LogP) is 5.12. The first-order valence-corrected chi connectivity index (χ1v) is 8.97. The molecule has 0 radical (unpaired) electrons. The lowest BCUT2D eigenvalue weighted by molar-refractivity contribution is 0.00578. The standard InChI is InChI=1S/C20H30BFO3/c1-14(2)23-13-12-17(16-11-9-8-10-15(16)3)18(22)21-24-19(4,5)20(6,7)25-21/h8-11,14H,12-13H2,1-7H3. The molecule has 25 heavy (non-hydrogen) atoms. The van der Waals surface area contributed by atoms with Crippen LogP contribution in [-0.2, 0) is 14.0 Å². The minimum atomic E-state index is -0.987. The lowest BCUT2D eigenvalue weighted by Gasteiger charge is -2.32. The Morgan fingerprint density at radius 3 is 2.20 bits per heavy atom. The highest BCUT2D eigenvalue weighted by Crippen LogP contribution is 2.41. The molecule has 1 aromatic carbocycles. The molecule has 1 aliphatic heterocycles. The highest BCUT2D eigenvalue weighted by Gasteiger charge is 2.53. The molecule has 0 aliphatic carbocycles. The Balaban J connectivity index is 2.36. The number of aryl methyl sites for hydroxylation is 1. The van der Waals surface area contributed by atoms with E-state index in [9.17, 15) is 0 Å². The molecule has 2 rings (SSSR count). The number of rotatable bonds is 6. The fraction of sp³-hybridized carbons (Fsp3) is 0.600. The third-order valence-corrected chi connectivity index (χ3v) is 5.02. The summed E-state index contributed by atoms with van der Waals surface area (Å²) in [5.41, 5.74) is 0.994. The van der Waals surface area contributed by atoms with Crippen molar-refractivity contribution in [3.63, 3.8) is 0 Å². The summed E-state index contributed by atoms with van der Waals surface area (Å²) in [4.78, 5) is 0. The molecular weight excluding hydrogens is 318 g/mol. The van der Waals surface area contributed by atoms with Gasteiger partial charge in [-0.2, -0.15) is 0 Å². The quantitative estimate of drug-likeness (QED) is 0.668. The molecular formula is C20H30BFO3. The van der Waals surface area contributed by atoms with Gasteiger partial charge in [-0.1, -0.05) is 24.3 Å². The smallest absolute Gasteiger partial charge is 0.398 e. The summed E-state index contributed by atoms with van der Waals surface area (Å²) in [5, 5.41) is 0. The third kappa shape index (κ3) is 4.52. The van der Waals surface area contributed by atoms with Gasteiger partial charge in [-0.3, -0.25) is 0 Å². The molecule has 5 heteroatoms. The van der Waals surface area contributed by atoms with Gasteiger partial charge in [0.2, 0.25) is 0 Å². The van der Waals surface area contributed by atoms with Gasteiger partial charge < -0.3 is 14.0 Å². The van der Waals surface area contributed by atoms with Crippen molar-refractivity contribution >= 4 is 12.7 Å². The van der Waals surface area contributed by atoms with Crippen molar-refractivity contribution in [3.8, 4) is 0 Å². The van der Waals surface area contributed by atoms with Crippen LogP contribution in [0.1, 0.15) is 59.1 Å². The van der Waals surface area contributed by atoms with Crippen molar-refractivity contribution in [1.29, 1.82) is 0 Å². The van der Waals surface area contributed by atoms with E-state index in [0.717, 1.165) is 11.1 Å². The summed E-state index contributed by atoms with van der Waals surface area (Å²) in [5.74, 6) is 0. The van der Waals surface area contributed by atoms with E-state index < -0.39 is 18.3 Å². The van der Waals surface area contributed by atoms with E-state index in [1.54, 1.807) is 0 Å². The largest absolute Gasteiger partial charge is 0.525 e. The molecule has 3 nitrogen and oxygen atoms in total. The molecule has 0 atom stereocenters. The highest BCUT2D eigenvalue weighted by atomic mass is 19.1. The molecule has 0 bridgehead atoms. The van der Waals surface area contributed by atoms with Gasteiger partial charge in [-0.05, 0) is 71.6 Å². The van der Waals surface area contributed by atoms with E-state index in [2.05, 4.69) is 0 Å². The summed E-state index contributed by atoms with van der Waals surface area (Å²) in [6.45, 7) is 14.1. The number of hydrogen-bond acceptors (Lipinski definition) is 3. The number of benzene rings is 1. The van der Waals surface area contributed by atoms with Crippen molar-refractivity contribution in [2.45, 2.75) is 72.2 Å². The molecule has 1 saturated heterocycles. The van der Waals surface area contributed by atoms with E-state index in [1.165, 1.54) is 0 Å². The van der Waals surface area contributed by atoms with Crippen LogP contribution in [0, 0.1) is 6.92 Å². The van der Waals surface area contributed by atoms with E-state index in [4.69, 9.17) is 14.0 Å². The summed E-state index contributed by atoms with van der Waals surface area (Å²) in [7, 11) is -0.987. The lowest BCUT2D eigenvalue weighted by atomic mass is 9.81. The van der Waals surface area contributed by atoms with Crippen molar-refractivity contribution in [2.24, 2.45) is 0 Å². The van der Waals surface area contributed by atoms with E-state index in [1.807, 2.05) is 72.7 Å². The average Bonchev–Trinajstić information content (AvgIpc) is 2.72. The minimum absolute atomic E-state index is 0.109. The molecule has 138 valence electrons. The number of hydrogen-bond donors (Lipinski definition) is 0. The van der Waals surface area contributed by atoms with Crippen molar-refractivity contribution in [2.75, 3.05) is 6.61 Å². The maximum Gasteiger partial charge on any atom is 0.525 e. The van der Waals surface area contributed by atoms with Crippen molar-refractivity contribution < 1.29 is 18.4 Å². The minimum Gasteiger partial charge on any atom is -0.398 e. The van der Waals surface area contributed by atoms with E-state index >= 15 is 4.39 Å². The molecule has 0 aromatic heterocycles. The van der Waals surface area contributed by atoms with Crippen LogP contribution in [0.15, 0.2) is 30.0 Å². The van der Waals surface area contributed by atoms with Crippen LogP contribution in [-0.4, -0.2) is 31.0 Å². The van der Waals surface area contributed by atoms with Crippen LogP contribution in [0.3, 0.4) is 0 Å². The fourth-order valence-corrected chi connectivity index (χ4v) is 2.78. The van der Waals surface area contributed by atoms with Gasteiger partial charge in [0.15, 0.2) is 0 Å². The van der Waals surface area contributed by atoms with Gasteiger partial charge in [-0.15, -0.1) is 0 Å². The van der Waals surface area contributed by atoms with Crippen LogP contribution < -0.4 is 0 Å². The zero-order valence-electron chi connectivity index (χ0n) is 16.5. The second kappa shape index (κ2) is 7.61. The molecule has 1 aliphatic rings. The van der Waals surface area contributed by atoms with Gasteiger partial charge in [0, 0.05) is 0 Å². The average molecular weight is 348 g/mol. The Labute approximate surface area is 151 Å². The first-order chi connectivity index (χ1) is 11.5. The molecule has 1 heterocycles. The number of ether oxygens (including phenoxy) is 1. The highest BCUT2D eigenvalue weighted by molar-refractivity contribution is 6.55. The van der Waals surface area contributed by atoms with Gasteiger partial charge in [0.05, 0.1) is 23.9 Å². The fourth-order valence-electron chi connectivity index (χ4n) is 2.78. The summed E-state index contributed by atoms with van der Waals surface area (Å²) >= 11 is 0. The Kier molecular flexibility index (Phi) is 6.13. The van der Waals surface area contributed by atoms with E-state index in [0.29, 0.717) is 18.6 Å². The molecule has 0 saturated carbocycles. The summed E-state index contributed by atoms with van der Waals surface area (Å²) < 4.78 is 32.9. The second-order valence-electron chi connectivity index (χ2n) is 7.90. The van der Waals surface area contributed by atoms with Crippen LogP contribution >= 0.6 is 0 Å². The molecule has 0 N–H and O–H groups in total. The summed E-state index contributed by atoms with van der Waals surface area (Å²) in [6.07, 6.45) is 0.580. The van der Waals surface area contributed by atoms with Crippen LogP contribution in [0.25, 0.3) is 5.57 Å². The van der Waals surface area contributed by atoms with Crippen LogP contribution in [0.2, 0.25) is 0 Å². The van der Waals surface area contributed by atoms with Gasteiger partial charge in [0.25, 0.3) is 0 Å². The Bertz CT molecular complexity index is 622. The lowest BCUT2D eigenvalue weighted by Crippen LogP contribution is -2.41. The molecule has 1 aromatic rings. The van der Waals surface area contributed by atoms with Crippen LogP contribution in [0.4, 0.5) is 4.39 Å². The summed E-state index contributed by atoms with van der Waals surface area (Å²) in [6, 6.07) is 7.79. The maximum atomic E-state index is 15.4. The normalized spacial score (nSPS) is 20.1. The van der Waals surface area contributed by atoms with Crippen LogP contribution in [0.5, 0.6) is 0 Å². The monoisotopic (exact) mass is 348 g/mol. The molecule has 0 spiro atoms. The zero-order valence-corrected chi connectivity index (χ0v) is 16.5. The Morgan fingerprint density at radius 2 is 1.68 bits per heavy atom. The van der Waals surface area contributed by atoms with Crippen molar-refractivity contribution in [3.05, 3.63) is 41.1 Å². The van der Waals surface area contributed by atoms with Crippen molar-refractivity contribution in [1.82, 2.24) is 0 Å². The first kappa shape index (κ1) is 20.2. The topological polar surface area (TPSA) is 27.7 Å². The zero-order chi connectivity index (χ0) is 18.8. The third-order valence-electron chi connectivity index (χ3n) is 5.02. The van der Waals surface area contributed by atoms with Gasteiger partial charge in [0.1, 0.15) is 5.73 Å².